The molecule has 0 aromatic carbocycles. The van der Waals surface area contributed by atoms with Crippen LogP contribution in [0.15, 0.2) is 61.3 Å². The van der Waals surface area contributed by atoms with Crippen LogP contribution < -0.4 is 0 Å². The van der Waals surface area contributed by atoms with Crippen LogP contribution in [0.2, 0.25) is 0 Å². The molecule has 0 aromatic rings. The van der Waals surface area contributed by atoms with Crippen molar-refractivity contribution in [2.75, 3.05) is 0 Å². The Morgan fingerprint density at radius 1 is 1.09 bits per heavy atom. The first-order chi connectivity index (χ1) is 5.22. The molecule has 0 aromatic heterocycles. The maximum Gasteiger partial charge on any atom is -0.0262 e. The summed E-state index contributed by atoms with van der Waals surface area (Å²) in [6, 6.07) is 0. The van der Waals surface area contributed by atoms with Crippen LogP contribution >= 0.6 is 0 Å². The van der Waals surface area contributed by atoms with Gasteiger partial charge >= 0.3 is 0 Å². The molecule has 0 bridgehead atoms. The van der Waals surface area contributed by atoms with E-state index in [1.165, 1.54) is 0 Å². The van der Waals surface area contributed by atoms with E-state index in [2.05, 4.69) is 19.7 Å². The molecule has 0 aliphatic carbocycles. The Labute approximate surface area is 68.9 Å². The monoisotopic (exact) mass is 146 g/mol. The fourth-order valence-corrected chi connectivity index (χ4v) is 0.599. The van der Waals surface area contributed by atoms with Gasteiger partial charge in [0.15, 0.2) is 0 Å². The van der Waals surface area contributed by atoms with Crippen molar-refractivity contribution in [3.63, 3.8) is 0 Å². The van der Waals surface area contributed by atoms with Gasteiger partial charge in [0.05, 0.1) is 0 Å². The summed E-state index contributed by atoms with van der Waals surface area (Å²) in [5.74, 6) is 0. The van der Waals surface area contributed by atoms with Gasteiger partial charge in [-0.15, -0.1) is 0 Å². The summed E-state index contributed by atoms with van der Waals surface area (Å²) in [7, 11) is 0. The van der Waals surface area contributed by atoms with E-state index in [-0.39, 0.29) is 0 Å². The van der Waals surface area contributed by atoms with Gasteiger partial charge in [-0.2, -0.15) is 0 Å². The van der Waals surface area contributed by atoms with Gasteiger partial charge in [-0.25, -0.2) is 0 Å². The molecule has 0 fully saturated rings. The summed E-state index contributed by atoms with van der Waals surface area (Å²) in [6.07, 6.45) is 9.31. The SMILES string of the molecule is C=C/C=C\C(=C)C(=C)/C=C\C. The van der Waals surface area contributed by atoms with E-state index in [0.717, 1.165) is 11.1 Å². The van der Waals surface area contributed by atoms with Crippen LogP contribution in [0.3, 0.4) is 0 Å². The molecule has 0 spiro atoms. The van der Waals surface area contributed by atoms with Crippen molar-refractivity contribution in [2.24, 2.45) is 0 Å². The minimum atomic E-state index is 0.919. The van der Waals surface area contributed by atoms with E-state index < -0.39 is 0 Å². The van der Waals surface area contributed by atoms with Gasteiger partial charge in [0.2, 0.25) is 0 Å². The van der Waals surface area contributed by atoms with Crippen molar-refractivity contribution in [1.82, 2.24) is 0 Å². The Morgan fingerprint density at radius 2 is 1.64 bits per heavy atom. The van der Waals surface area contributed by atoms with Crippen molar-refractivity contribution in [3.8, 4) is 0 Å². The molecule has 0 amide bonds. The van der Waals surface area contributed by atoms with Crippen LogP contribution in [0.4, 0.5) is 0 Å². The highest BCUT2D eigenvalue weighted by Crippen LogP contribution is 2.07. The molecular formula is C11H14. The molecule has 0 nitrogen and oxygen atoms in total. The van der Waals surface area contributed by atoms with Crippen molar-refractivity contribution in [3.05, 3.63) is 61.3 Å². The Kier molecular flexibility index (Phi) is 4.83. The molecule has 0 aliphatic heterocycles. The molecule has 0 rings (SSSR count). The fourth-order valence-electron chi connectivity index (χ4n) is 0.599. The van der Waals surface area contributed by atoms with Crippen molar-refractivity contribution < 1.29 is 0 Å². The predicted octanol–water partition coefficient (Wildman–Crippen LogP) is 3.42. The minimum Gasteiger partial charge on any atom is -0.0991 e. The van der Waals surface area contributed by atoms with E-state index in [0.29, 0.717) is 0 Å². The van der Waals surface area contributed by atoms with Crippen LogP contribution in [-0.2, 0) is 0 Å². The van der Waals surface area contributed by atoms with E-state index in [1.807, 2.05) is 31.2 Å². The van der Waals surface area contributed by atoms with Gasteiger partial charge in [-0.05, 0) is 18.1 Å². The van der Waals surface area contributed by atoms with Gasteiger partial charge in [-0.1, -0.05) is 50.1 Å². The van der Waals surface area contributed by atoms with Crippen LogP contribution in [0, 0.1) is 0 Å². The molecule has 0 unspecified atom stereocenters. The van der Waals surface area contributed by atoms with Crippen molar-refractivity contribution in [1.29, 1.82) is 0 Å². The Morgan fingerprint density at radius 3 is 2.09 bits per heavy atom. The second kappa shape index (κ2) is 5.48. The highest BCUT2D eigenvalue weighted by Gasteiger charge is 1.87. The van der Waals surface area contributed by atoms with E-state index >= 15 is 0 Å². The first-order valence-electron chi connectivity index (χ1n) is 3.52. The van der Waals surface area contributed by atoms with E-state index in [1.54, 1.807) is 6.08 Å². The second-order valence-electron chi connectivity index (χ2n) is 2.15. The maximum absolute atomic E-state index is 3.83. The van der Waals surface area contributed by atoms with Gasteiger partial charge < -0.3 is 0 Å². The summed E-state index contributed by atoms with van der Waals surface area (Å²) in [4.78, 5) is 0. The largest absolute Gasteiger partial charge is 0.0991 e. The third kappa shape index (κ3) is 4.15. The summed E-state index contributed by atoms with van der Waals surface area (Å²) < 4.78 is 0. The van der Waals surface area contributed by atoms with Gasteiger partial charge in [0, 0.05) is 0 Å². The zero-order valence-corrected chi connectivity index (χ0v) is 7.01. The first kappa shape index (κ1) is 9.70. The number of hydrogen-bond acceptors (Lipinski definition) is 0. The molecule has 0 heteroatoms. The standard InChI is InChI=1S/C11H14/c1-5-7-9-11(4)10(3)8-6-2/h5-9H,1,3-4H2,2H3/b8-6-,9-7-. The zero-order valence-electron chi connectivity index (χ0n) is 7.01. The molecule has 0 radical (unpaired) electrons. The number of allylic oxidation sites excluding steroid dienone is 7. The Balaban J connectivity index is 4.14. The second-order valence-corrected chi connectivity index (χ2v) is 2.15. The minimum absolute atomic E-state index is 0.919. The molecular weight excluding hydrogens is 132 g/mol. The summed E-state index contributed by atoms with van der Waals surface area (Å²) >= 11 is 0. The quantitative estimate of drug-likeness (QED) is 0.533. The highest BCUT2D eigenvalue weighted by molar-refractivity contribution is 5.42. The summed E-state index contributed by atoms with van der Waals surface area (Å²) in [5, 5.41) is 0. The highest BCUT2D eigenvalue weighted by atomic mass is 13.9. The average Bonchev–Trinajstić information content (AvgIpc) is 2.00. The first-order valence-corrected chi connectivity index (χ1v) is 3.52. The third-order valence-corrected chi connectivity index (χ3v) is 1.21. The Bertz CT molecular complexity index is 214. The molecule has 0 aliphatic rings. The van der Waals surface area contributed by atoms with Crippen molar-refractivity contribution >= 4 is 0 Å². The smallest absolute Gasteiger partial charge is 0.0262 e. The molecule has 0 saturated carbocycles. The lowest BCUT2D eigenvalue weighted by Gasteiger charge is -1.95. The van der Waals surface area contributed by atoms with Crippen LogP contribution in [0.1, 0.15) is 6.92 Å². The predicted molar refractivity (Wildman–Crippen MR) is 52.4 cm³/mol. The molecule has 0 saturated heterocycles. The summed E-state index contributed by atoms with van der Waals surface area (Å²) in [6.45, 7) is 13.2. The van der Waals surface area contributed by atoms with E-state index in [9.17, 15) is 0 Å². The maximum atomic E-state index is 3.83. The molecule has 0 N–H and O–H groups in total. The molecule has 0 heterocycles. The molecule has 0 atom stereocenters. The normalized spacial score (nSPS) is 10.6. The number of rotatable bonds is 4. The van der Waals surface area contributed by atoms with E-state index in [4.69, 9.17) is 0 Å². The lowest BCUT2D eigenvalue weighted by Crippen LogP contribution is -1.76. The van der Waals surface area contributed by atoms with Crippen molar-refractivity contribution in [2.45, 2.75) is 6.92 Å². The topological polar surface area (TPSA) is 0 Å². The van der Waals surface area contributed by atoms with Gasteiger partial charge in [0.25, 0.3) is 0 Å². The Hall–Kier alpha value is -1.30. The third-order valence-electron chi connectivity index (χ3n) is 1.21. The lowest BCUT2D eigenvalue weighted by molar-refractivity contribution is 1.57. The lowest BCUT2D eigenvalue weighted by atomic mass is 10.1. The number of hydrogen-bond donors (Lipinski definition) is 0. The molecule has 58 valence electrons. The molecule has 11 heavy (non-hydrogen) atoms. The van der Waals surface area contributed by atoms with Gasteiger partial charge in [0.1, 0.15) is 0 Å². The summed E-state index contributed by atoms with van der Waals surface area (Å²) in [5.41, 5.74) is 1.86. The van der Waals surface area contributed by atoms with Gasteiger partial charge in [-0.3, -0.25) is 0 Å². The van der Waals surface area contributed by atoms with Crippen LogP contribution in [-0.4, -0.2) is 0 Å². The van der Waals surface area contributed by atoms with Crippen LogP contribution in [0.25, 0.3) is 0 Å². The average molecular weight is 146 g/mol. The fraction of sp³-hybridized carbons (Fsp3) is 0.0909. The van der Waals surface area contributed by atoms with Crippen LogP contribution in [0.5, 0.6) is 0 Å². The zero-order chi connectivity index (χ0) is 8.69.